The van der Waals surface area contributed by atoms with E-state index >= 15 is 0 Å². The number of benzene rings is 2. The fraction of sp³-hybridized carbons (Fsp3) is 0.273. The molecule has 0 aliphatic rings. The van der Waals surface area contributed by atoms with Crippen LogP contribution in [0.1, 0.15) is 47.1 Å². The number of nitrogens with zero attached hydrogens (tertiary/aromatic N) is 2. The van der Waals surface area contributed by atoms with Crippen LogP contribution in [0.4, 0.5) is 0 Å². The highest BCUT2D eigenvalue weighted by Crippen LogP contribution is 2.24. The molecule has 1 atom stereocenters. The average molecular weight is 442 g/mol. The number of halogens is 1. The Bertz CT molecular complexity index is 951. The van der Waals surface area contributed by atoms with Crippen molar-refractivity contribution < 1.29 is 9.53 Å². The summed E-state index contributed by atoms with van der Waals surface area (Å²) in [5.41, 5.74) is 3.60. The number of aromatic nitrogens is 2. The van der Waals surface area contributed by atoms with Gasteiger partial charge in [-0.15, -0.1) is 0 Å². The maximum Gasteiger partial charge on any atom is 0.251 e. The number of nitrogens with one attached hydrogen (secondary N) is 1. The molecule has 2 aromatic carbocycles. The molecule has 0 aliphatic carbocycles. The molecule has 0 fully saturated rings. The molecular formula is C22H24BrN3O2. The van der Waals surface area contributed by atoms with Gasteiger partial charge in [-0.1, -0.05) is 24.3 Å². The van der Waals surface area contributed by atoms with E-state index in [2.05, 4.69) is 26.3 Å². The SMILES string of the molecule is CCn1cc([C@H](C)NC(=O)c2ccc(COc3ccccc3Br)cc2)c(C)n1. The fourth-order valence-corrected chi connectivity index (χ4v) is 3.35. The molecule has 1 aromatic heterocycles. The molecule has 1 N–H and O–H groups in total. The van der Waals surface area contributed by atoms with Crippen molar-refractivity contribution in [1.82, 2.24) is 15.1 Å². The van der Waals surface area contributed by atoms with Crippen molar-refractivity contribution in [3.05, 3.63) is 81.6 Å². The first-order chi connectivity index (χ1) is 13.5. The second-order valence-electron chi connectivity index (χ2n) is 6.64. The van der Waals surface area contributed by atoms with E-state index < -0.39 is 0 Å². The van der Waals surface area contributed by atoms with Crippen molar-refractivity contribution in [3.63, 3.8) is 0 Å². The zero-order valence-electron chi connectivity index (χ0n) is 16.3. The highest BCUT2D eigenvalue weighted by Gasteiger charge is 2.16. The Morgan fingerprint density at radius 3 is 2.57 bits per heavy atom. The molecule has 1 amide bonds. The molecule has 0 spiro atoms. The first-order valence-corrected chi connectivity index (χ1v) is 10.1. The summed E-state index contributed by atoms with van der Waals surface area (Å²) in [6.07, 6.45) is 1.99. The van der Waals surface area contributed by atoms with Gasteiger partial charge in [0, 0.05) is 23.9 Å². The molecule has 0 aliphatic heterocycles. The maximum atomic E-state index is 12.6. The number of hydrogen-bond donors (Lipinski definition) is 1. The topological polar surface area (TPSA) is 56.2 Å². The standard InChI is InChI=1S/C22H24BrN3O2/c1-4-26-13-19(16(3)25-26)15(2)24-22(27)18-11-9-17(10-12-18)14-28-21-8-6-5-7-20(21)23/h5-13,15H,4,14H2,1-3H3,(H,24,27)/t15-/m0/s1. The highest BCUT2D eigenvalue weighted by atomic mass is 79.9. The van der Waals surface area contributed by atoms with Crippen molar-refractivity contribution >= 4 is 21.8 Å². The monoisotopic (exact) mass is 441 g/mol. The summed E-state index contributed by atoms with van der Waals surface area (Å²) in [5.74, 6) is 0.690. The first-order valence-electron chi connectivity index (χ1n) is 9.29. The molecule has 6 heteroatoms. The van der Waals surface area contributed by atoms with Gasteiger partial charge in [0.2, 0.25) is 0 Å². The third-order valence-corrected chi connectivity index (χ3v) is 5.22. The van der Waals surface area contributed by atoms with Gasteiger partial charge in [-0.25, -0.2) is 0 Å². The van der Waals surface area contributed by atoms with Gasteiger partial charge in [-0.2, -0.15) is 5.10 Å². The minimum atomic E-state index is -0.105. The Labute approximate surface area is 173 Å². The zero-order valence-corrected chi connectivity index (χ0v) is 17.9. The normalized spacial score (nSPS) is 11.9. The Balaban J connectivity index is 1.60. The smallest absolute Gasteiger partial charge is 0.251 e. The van der Waals surface area contributed by atoms with E-state index in [1.54, 1.807) is 0 Å². The van der Waals surface area contributed by atoms with Crippen molar-refractivity contribution in [2.75, 3.05) is 0 Å². The van der Waals surface area contributed by atoms with E-state index in [0.717, 1.165) is 33.6 Å². The van der Waals surface area contributed by atoms with E-state index in [0.29, 0.717) is 12.2 Å². The highest BCUT2D eigenvalue weighted by molar-refractivity contribution is 9.10. The Hall–Kier alpha value is -2.60. The fourth-order valence-electron chi connectivity index (χ4n) is 2.95. The largest absolute Gasteiger partial charge is 0.488 e. The van der Waals surface area contributed by atoms with Crippen LogP contribution < -0.4 is 10.1 Å². The van der Waals surface area contributed by atoms with Gasteiger partial charge in [-0.3, -0.25) is 9.48 Å². The second-order valence-corrected chi connectivity index (χ2v) is 7.49. The summed E-state index contributed by atoms with van der Waals surface area (Å²) in [6.45, 7) is 7.23. The molecule has 3 rings (SSSR count). The van der Waals surface area contributed by atoms with Crippen molar-refractivity contribution in [1.29, 1.82) is 0 Å². The van der Waals surface area contributed by atoms with Gasteiger partial charge >= 0.3 is 0 Å². The van der Waals surface area contributed by atoms with Gasteiger partial charge in [0.25, 0.3) is 5.91 Å². The quantitative estimate of drug-likeness (QED) is 0.558. The second kappa shape index (κ2) is 9.06. The van der Waals surface area contributed by atoms with Gasteiger partial charge in [0.1, 0.15) is 12.4 Å². The number of amides is 1. The zero-order chi connectivity index (χ0) is 20.1. The molecule has 0 radical (unpaired) electrons. The van der Waals surface area contributed by atoms with E-state index in [4.69, 9.17) is 4.74 Å². The molecule has 3 aromatic rings. The van der Waals surface area contributed by atoms with Crippen LogP contribution >= 0.6 is 15.9 Å². The summed E-state index contributed by atoms with van der Waals surface area (Å²) in [4.78, 5) is 12.6. The number of para-hydroxylation sites is 1. The van der Waals surface area contributed by atoms with Crippen molar-refractivity contribution in [2.45, 2.75) is 40.0 Å². The van der Waals surface area contributed by atoms with Crippen LogP contribution in [0.2, 0.25) is 0 Å². The molecule has 146 valence electrons. The van der Waals surface area contributed by atoms with Crippen LogP contribution in [0, 0.1) is 6.92 Å². The van der Waals surface area contributed by atoms with Gasteiger partial charge in [-0.05, 0) is 66.5 Å². The van der Waals surface area contributed by atoms with Gasteiger partial charge < -0.3 is 10.1 Å². The van der Waals surface area contributed by atoms with E-state index in [1.165, 1.54) is 0 Å². The van der Waals surface area contributed by atoms with Crippen LogP contribution in [0.5, 0.6) is 5.75 Å². The van der Waals surface area contributed by atoms with E-state index in [1.807, 2.05) is 80.2 Å². The maximum absolute atomic E-state index is 12.6. The minimum absolute atomic E-state index is 0.102. The number of carbonyl (C=O) groups excluding carboxylic acids is 1. The third kappa shape index (κ3) is 4.81. The number of aryl methyl sites for hydroxylation is 2. The van der Waals surface area contributed by atoms with Crippen LogP contribution in [-0.4, -0.2) is 15.7 Å². The number of ether oxygens (including phenoxy) is 1. The van der Waals surface area contributed by atoms with Crippen LogP contribution in [0.3, 0.4) is 0 Å². The van der Waals surface area contributed by atoms with Crippen molar-refractivity contribution in [2.24, 2.45) is 0 Å². The molecule has 1 heterocycles. The number of hydrogen-bond acceptors (Lipinski definition) is 3. The lowest BCUT2D eigenvalue weighted by Crippen LogP contribution is -2.26. The molecule has 0 unspecified atom stereocenters. The average Bonchev–Trinajstić information content (AvgIpc) is 3.08. The van der Waals surface area contributed by atoms with E-state index in [-0.39, 0.29) is 11.9 Å². The summed E-state index contributed by atoms with van der Waals surface area (Å²) < 4.78 is 8.62. The molecule has 0 bridgehead atoms. The number of carbonyl (C=O) groups is 1. The van der Waals surface area contributed by atoms with Gasteiger partial charge in [0.15, 0.2) is 0 Å². The molecule has 28 heavy (non-hydrogen) atoms. The predicted molar refractivity (Wildman–Crippen MR) is 113 cm³/mol. The Kier molecular flexibility index (Phi) is 6.52. The predicted octanol–water partition coefficient (Wildman–Crippen LogP) is 5.04. The summed E-state index contributed by atoms with van der Waals surface area (Å²) >= 11 is 3.47. The summed E-state index contributed by atoms with van der Waals surface area (Å²) in [7, 11) is 0. The van der Waals surface area contributed by atoms with Gasteiger partial charge in [0.05, 0.1) is 16.2 Å². The molecular weight excluding hydrogens is 418 g/mol. The lowest BCUT2D eigenvalue weighted by atomic mass is 10.1. The van der Waals surface area contributed by atoms with Crippen molar-refractivity contribution in [3.8, 4) is 5.75 Å². The Morgan fingerprint density at radius 2 is 1.93 bits per heavy atom. The summed E-state index contributed by atoms with van der Waals surface area (Å²) in [5, 5.41) is 7.49. The molecule has 0 saturated carbocycles. The number of rotatable bonds is 7. The Morgan fingerprint density at radius 1 is 1.21 bits per heavy atom. The van der Waals surface area contributed by atoms with Crippen LogP contribution in [-0.2, 0) is 13.2 Å². The van der Waals surface area contributed by atoms with Crippen LogP contribution in [0.25, 0.3) is 0 Å². The van der Waals surface area contributed by atoms with E-state index in [9.17, 15) is 4.79 Å². The lowest BCUT2D eigenvalue weighted by Gasteiger charge is -2.14. The molecule has 0 saturated heterocycles. The summed E-state index contributed by atoms with van der Waals surface area (Å²) in [6, 6.07) is 15.1. The first kappa shape index (κ1) is 20.1. The third-order valence-electron chi connectivity index (χ3n) is 4.57. The minimum Gasteiger partial charge on any atom is -0.488 e. The lowest BCUT2D eigenvalue weighted by molar-refractivity contribution is 0.0939. The van der Waals surface area contributed by atoms with Crippen LogP contribution in [0.15, 0.2) is 59.2 Å². The molecule has 5 nitrogen and oxygen atoms in total.